The summed E-state index contributed by atoms with van der Waals surface area (Å²) >= 11 is 12.3. The standard InChI is InChI=1S/C28H35Cl2F2N9O/c1-16-3-2-4-23(17-7-8-33-21(9-17)27-22(34-12-16)13-36-41(27)28(31)32)39-15-35-20(11-26(39)42)19-10-18(29)5-6-24(19)40-14-25(30)37-38-40/h5-6,10-11,14-17,21-23,27-28,33-34,36H,2-4,7-9,12-13H2,1H3/t16-,17?,21?,22?,23+,27?/m1/s1. The molecule has 42 heavy (non-hydrogen) atoms. The van der Waals surface area contributed by atoms with E-state index in [1.807, 2.05) is 0 Å². The van der Waals surface area contributed by atoms with Gasteiger partial charge in [0.15, 0.2) is 5.15 Å². The van der Waals surface area contributed by atoms with Crippen molar-refractivity contribution in [3.63, 3.8) is 0 Å². The molecule has 3 aliphatic rings. The molecule has 4 unspecified atom stereocenters. The fraction of sp³-hybridized carbons (Fsp3) is 0.571. The molecule has 6 atom stereocenters. The SMILES string of the molecule is C[C@@H]1CCC[C@H](n2cnc(-c3cc(Cl)ccc3-n3cc(Cl)nn3)cc2=O)C2CCNC(C2)C2C(CNN2C(F)F)NC1. The van der Waals surface area contributed by atoms with Gasteiger partial charge in [0.05, 0.1) is 29.9 Å². The molecule has 3 fully saturated rings. The molecule has 1 aromatic carbocycles. The summed E-state index contributed by atoms with van der Waals surface area (Å²) in [5.41, 5.74) is 4.49. The van der Waals surface area contributed by atoms with Crippen molar-refractivity contribution in [1.29, 1.82) is 0 Å². The van der Waals surface area contributed by atoms with E-state index in [2.05, 4.69) is 33.3 Å². The Hall–Kier alpha value is -2.48. The number of hydrogen-bond donors (Lipinski definition) is 3. The van der Waals surface area contributed by atoms with Crippen LogP contribution in [-0.4, -0.2) is 73.9 Å². The van der Waals surface area contributed by atoms with Crippen molar-refractivity contribution in [3.05, 3.63) is 57.3 Å². The maximum atomic E-state index is 14.0. The molecular formula is C28H35Cl2F2N9O. The molecular weight excluding hydrogens is 587 g/mol. The van der Waals surface area contributed by atoms with E-state index in [0.717, 1.165) is 37.2 Å². The summed E-state index contributed by atoms with van der Waals surface area (Å²) in [5, 5.41) is 16.8. The Morgan fingerprint density at radius 1 is 1.07 bits per heavy atom. The van der Waals surface area contributed by atoms with E-state index >= 15 is 0 Å². The molecule has 3 aliphatic heterocycles. The van der Waals surface area contributed by atoms with Crippen molar-refractivity contribution in [2.45, 2.75) is 69.7 Å². The lowest BCUT2D eigenvalue weighted by Crippen LogP contribution is -2.60. The number of alkyl halides is 2. The Morgan fingerprint density at radius 3 is 2.69 bits per heavy atom. The first kappa shape index (κ1) is 29.6. The van der Waals surface area contributed by atoms with Crippen molar-refractivity contribution in [3.8, 4) is 16.9 Å². The van der Waals surface area contributed by atoms with Crippen molar-refractivity contribution >= 4 is 23.2 Å². The molecule has 0 radical (unpaired) electrons. The van der Waals surface area contributed by atoms with Gasteiger partial charge in [-0.2, -0.15) is 13.8 Å². The third-order valence-electron chi connectivity index (χ3n) is 8.94. The van der Waals surface area contributed by atoms with Gasteiger partial charge in [-0.25, -0.2) is 15.1 Å². The van der Waals surface area contributed by atoms with Crippen molar-refractivity contribution in [1.82, 2.24) is 45.6 Å². The lowest BCUT2D eigenvalue weighted by Gasteiger charge is -2.42. The first-order valence-electron chi connectivity index (χ1n) is 14.5. The van der Waals surface area contributed by atoms with Crippen LogP contribution in [0.4, 0.5) is 8.78 Å². The molecule has 2 aromatic heterocycles. The zero-order valence-electron chi connectivity index (χ0n) is 23.3. The summed E-state index contributed by atoms with van der Waals surface area (Å²) < 4.78 is 31.3. The van der Waals surface area contributed by atoms with Crippen LogP contribution in [-0.2, 0) is 0 Å². The first-order chi connectivity index (χ1) is 20.3. The van der Waals surface area contributed by atoms with Crippen molar-refractivity contribution in [2.75, 3.05) is 19.6 Å². The summed E-state index contributed by atoms with van der Waals surface area (Å²) in [6.07, 6.45) is 7.49. The molecule has 10 nitrogen and oxygen atoms in total. The minimum atomic E-state index is -2.60. The highest BCUT2D eigenvalue weighted by atomic mass is 35.5. The van der Waals surface area contributed by atoms with Gasteiger partial charge in [-0.1, -0.05) is 41.8 Å². The highest BCUT2D eigenvalue weighted by molar-refractivity contribution is 6.31. The van der Waals surface area contributed by atoms with Crippen LogP contribution in [0.2, 0.25) is 10.2 Å². The summed E-state index contributed by atoms with van der Waals surface area (Å²) in [7, 11) is 0. The largest absolute Gasteiger partial charge is 0.312 e. The molecule has 3 aromatic rings. The minimum Gasteiger partial charge on any atom is -0.312 e. The Labute approximate surface area is 252 Å². The second kappa shape index (κ2) is 12.6. The topological polar surface area (TPSA) is 105 Å². The third-order valence-corrected chi connectivity index (χ3v) is 9.35. The number of piperidine rings is 1. The van der Waals surface area contributed by atoms with Gasteiger partial charge < -0.3 is 10.6 Å². The number of halogens is 4. The Balaban J connectivity index is 1.33. The highest BCUT2D eigenvalue weighted by Crippen LogP contribution is 2.36. The van der Waals surface area contributed by atoms with Crippen LogP contribution >= 0.6 is 23.2 Å². The number of nitrogens with one attached hydrogen (secondary N) is 3. The first-order valence-corrected chi connectivity index (χ1v) is 15.3. The Kier molecular flexibility index (Phi) is 8.90. The maximum Gasteiger partial charge on any atom is 0.307 e. The maximum absolute atomic E-state index is 14.0. The van der Waals surface area contributed by atoms with Gasteiger partial charge in [0.25, 0.3) is 5.56 Å². The average molecular weight is 623 g/mol. The van der Waals surface area contributed by atoms with Gasteiger partial charge in [-0.15, -0.1) is 5.10 Å². The molecule has 3 saturated heterocycles. The van der Waals surface area contributed by atoms with E-state index in [0.29, 0.717) is 47.4 Å². The number of hydrazine groups is 1. The van der Waals surface area contributed by atoms with E-state index in [1.54, 1.807) is 35.3 Å². The van der Waals surface area contributed by atoms with Crippen LogP contribution in [0, 0.1) is 11.8 Å². The zero-order chi connectivity index (χ0) is 29.4. The molecule has 5 heterocycles. The van der Waals surface area contributed by atoms with Gasteiger partial charge >= 0.3 is 6.55 Å². The lowest BCUT2D eigenvalue weighted by atomic mass is 9.80. The lowest BCUT2D eigenvalue weighted by molar-refractivity contribution is -0.0782. The summed E-state index contributed by atoms with van der Waals surface area (Å²) in [6, 6.07) is 6.05. The van der Waals surface area contributed by atoms with Crippen LogP contribution in [0.25, 0.3) is 16.9 Å². The second-order valence-corrected chi connectivity index (χ2v) is 12.5. The van der Waals surface area contributed by atoms with E-state index in [1.165, 1.54) is 10.7 Å². The zero-order valence-corrected chi connectivity index (χ0v) is 24.8. The quantitative estimate of drug-likeness (QED) is 0.377. The molecule has 6 rings (SSSR count). The summed E-state index contributed by atoms with van der Waals surface area (Å²) in [4.78, 5) is 18.5. The number of fused-ring (bicyclic) bond motifs is 4. The molecule has 0 spiro atoms. The van der Waals surface area contributed by atoms with Crippen molar-refractivity contribution in [2.24, 2.45) is 11.8 Å². The van der Waals surface area contributed by atoms with Gasteiger partial charge in [0, 0.05) is 41.3 Å². The number of aromatic nitrogens is 5. The predicted molar refractivity (Wildman–Crippen MR) is 157 cm³/mol. The second-order valence-electron chi connectivity index (χ2n) is 11.7. The fourth-order valence-electron chi connectivity index (χ4n) is 6.89. The van der Waals surface area contributed by atoms with E-state index in [4.69, 9.17) is 28.2 Å². The predicted octanol–water partition coefficient (Wildman–Crippen LogP) is 3.90. The van der Waals surface area contributed by atoms with E-state index in [-0.39, 0.29) is 34.8 Å². The third kappa shape index (κ3) is 6.11. The van der Waals surface area contributed by atoms with Crippen molar-refractivity contribution < 1.29 is 8.78 Å². The monoisotopic (exact) mass is 621 g/mol. The summed E-state index contributed by atoms with van der Waals surface area (Å²) in [5.74, 6) is 0.513. The van der Waals surface area contributed by atoms with E-state index in [9.17, 15) is 13.6 Å². The average Bonchev–Trinajstić information content (AvgIpc) is 3.60. The van der Waals surface area contributed by atoms with Crippen LogP contribution in [0.15, 0.2) is 41.6 Å². The van der Waals surface area contributed by atoms with Crippen LogP contribution in [0.5, 0.6) is 0 Å². The van der Waals surface area contributed by atoms with Gasteiger partial charge in [-0.05, 0) is 68.8 Å². The van der Waals surface area contributed by atoms with Crippen LogP contribution < -0.4 is 21.6 Å². The van der Waals surface area contributed by atoms with Gasteiger partial charge in [0.1, 0.15) is 0 Å². The number of benzene rings is 1. The molecule has 14 heteroatoms. The molecule has 0 amide bonds. The smallest absolute Gasteiger partial charge is 0.307 e. The fourth-order valence-corrected chi connectivity index (χ4v) is 7.19. The Morgan fingerprint density at radius 2 is 1.93 bits per heavy atom. The highest BCUT2D eigenvalue weighted by Gasteiger charge is 2.45. The Bertz CT molecular complexity index is 1450. The van der Waals surface area contributed by atoms with E-state index < -0.39 is 12.6 Å². The number of nitrogens with zero attached hydrogens (tertiary/aromatic N) is 6. The van der Waals surface area contributed by atoms with Gasteiger partial charge in [0.2, 0.25) is 0 Å². The molecule has 226 valence electrons. The van der Waals surface area contributed by atoms with Gasteiger partial charge in [-0.3, -0.25) is 9.36 Å². The van der Waals surface area contributed by atoms with Crippen LogP contribution in [0.3, 0.4) is 0 Å². The minimum absolute atomic E-state index is 0.0917. The number of rotatable bonds is 4. The molecule has 0 saturated carbocycles. The molecule has 2 bridgehead atoms. The summed E-state index contributed by atoms with van der Waals surface area (Å²) in [6.45, 7) is 1.51. The van der Waals surface area contributed by atoms with Crippen LogP contribution in [0.1, 0.15) is 45.1 Å². The number of hydrogen-bond acceptors (Lipinski definition) is 8. The normalized spacial score (nSPS) is 29.2. The molecule has 3 N–H and O–H groups in total. The molecule has 0 aliphatic carbocycles.